The van der Waals surface area contributed by atoms with Crippen LogP contribution < -0.4 is 10.5 Å². The normalized spacial score (nSPS) is 10.1. The first-order valence-corrected chi connectivity index (χ1v) is 5.45. The van der Waals surface area contributed by atoms with Crippen molar-refractivity contribution in [3.63, 3.8) is 0 Å². The standard InChI is InChI=1S/C11H10BrN3O/c1-7-2-3-8(4-15-7)16-11-9(12)5-14-6-10(11)13/h2-6H,13H2,1H3. The van der Waals surface area contributed by atoms with E-state index in [9.17, 15) is 0 Å². The third kappa shape index (κ3) is 2.30. The predicted octanol–water partition coefficient (Wildman–Crippen LogP) is 2.92. The summed E-state index contributed by atoms with van der Waals surface area (Å²) in [6.07, 6.45) is 4.83. The monoisotopic (exact) mass is 279 g/mol. The highest BCUT2D eigenvalue weighted by atomic mass is 79.9. The number of rotatable bonds is 2. The quantitative estimate of drug-likeness (QED) is 0.918. The molecule has 0 radical (unpaired) electrons. The summed E-state index contributed by atoms with van der Waals surface area (Å²) in [5.74, 6) is 1.20. The fraction of sp³-hybridized carbons (Fsp3) is 0.0909. The first kappa shape index (κ1) is 10.9. The smallest absolute Gasteiger partial charge is 0.167 e. The molecule has 0 aliphatic heterocycles. The van der Waals surface area contributed by atoms with Crippen LogP contribution in [0.25, 0.3) is 0 Å². The zero-order valence-corrected chi connectivity index (χ0v) is 10.2. The molecular formula is C11H10BrN3O. The lowest BCUT2D eigenvalue weighted by Crippen LogP contribution is -1.94. The van der Waals surface area contributed by atoms with Crippen molar-refractivity contribution in [3.05, 3.63) is 40.9 Å². The van der Waals surface area contributed by atoms with Crippen molar-refractivity contribution in [1.82, 2.24) is 9.97 Å². The largest absolute Gasteiger partial charge is 0.452 e. The molecule has 2 heterocycles. The van der Waals surface area contributed by atoms with E-state index >= 15 is 0 Å². The predicted molar refractivity (Wildman–Crippen MR) is 65.4 cm³/mol. The number of nitrogens with zero attached hydrogens (tertiary/aromatic N) is 2. The molecule has 0 unspecified atom stereocenters. The van der Waals surface area contributed by atoms with E-state index in [1.165, 1.54) is 0 Å². The molecular weight excluding hydrogens is 270 g/mol. The number of nitrogen functional groups attached to an aromatic ring is 1. The maximum Gasteiger partial charge on any atom is 0.167 e. The molecule has 0 fully saturated rings. The van der Waals surface area contributed by atoms with E-state index in [1.54, 1.807) is 18.6 Å². The SMILES string of the molecule is Cc1ccc(Oc2c(N)cncc2Br)cn1. The first-order valence-electron chi connectivity index (χ1n) is 4.66. The van der Waals surface area contributed by atoms with Crippen LogP contribution in [0.5, 0.6) is 11.5 Å². The number of ether oxygens (including phenoxy) is 1. The zero-order valence-electron chi connectivity index (χ0n) is 8.64. The van der Waals surface area contributed by atoms with Gasteiger partial charge in [0.1, 0.15) is 5.75 Å². The minimum atomic E-state index is 0.481. The molecule has 0 aromatic carbocycles. The Kier molecular flexibility index (Phi) is 3.05. The van der Waals surface area contributed by atoms with E-state index in [0.717, 1.165) is 5.69 Å². The fourth-order valence-electron chi connectivity index (χ4n) is 1.18. The van der Waals surface area contributed by atoms with Crippen molar-refractivity contribution in [2.45, 2.75) is 6.92 Å². The fourth-order valence-corrected chi connectivity index (χ4v) is 1.61. The maximum absolute atomic E-state index is 5.76. The Morgan fingerprint density at radius 3 is 2.69 bits per heavy atom. The van der Waals surface area contributed by atoms with E-state index in [2.05, 4.69) is 25.9 Å². The molecule has 16 heavy (non-hydrogen) atoms. The van der Waals surface area contributed by atoms with E-state index in [0.29, 0.717) is 21.7 Å². The minimum Gasteiger partial charge on any atom is -0.452 e. The highest BCUT2D eigenvalue weighted by molar-refractivity contribution is 9.10. The van der Waals surface area contributed by atoms with Gasteiger partial charge >= 0.3 is 0 Å². The van der Waals surface area contributed by atoms with Crippen LogP contribution in [0.2, 0.25) is 0 Å². The molecule has 0 aliphatic carbocycles. The number of nitrogens with two attached hydrogens (primary N) is 1. The molecule has 4 nitrogen and oxygen atoms in total. The second kappa shape index (κ2) is 4.49. The van der Waals surface area contributed by atoms with E-state index in [4.69, 9.17) is 10.5 Å². The summed E-state index contributed by atoms with van der Waals surface area (Å²) in [5.41, 5.74) is 7.18. The molecule has 2 aromatic heterocycles. The number of aryl methyl sites for hydroxylation is 1. The Labute approximate surface area is 102 Å². The second-order valence-electron chi connectivity index (χ2n) is 3.28. The van der Waals surface area contributed by atoms with Crippen molar-refractivity contribution < 1.29 is 4.74 Å². The molecule has 0 atom stereocenters. The molecule has 2 N–H and O–H groups in total. The molecule has 0 saturated heterocycles. The maximum atomic E-state index is 5.76. The van der Waals surface area contributed by atoms with Crippen molar-refractivity contribution in [1.29, 1.82) is 0 Å². The van der Waals surface area contributed by atoms with Crippen molar-refractivity contribution in [2.24, 2.45) is 0 Å². The second-order valence-corrected chi connectivity index (χ2v) is 4.13. The van der Waals surface area contributed by atoms with E-state index in [-0.39, 0.29) is 0 Å². The lowest BCUT2D eigenvalue weighted by molar-refractivity contribution is 0.478. The summed E-state index contributed by atoms with van der Waals surface area (Å²) < 4.78 is 6.34. The average molecular weight is 280 g/mol. The van der Waals surface area contributed by atoms with Crippen molar-refractivity contribution in [2.75, 3.05) is 5.73 Å². The topological polar surface area (TPSA) is 61.0 Å². The molecule has 82 valence electrons. The Balaban J connectivity index is 2.30. The summed E-state index contributed by atoms with van der Waals surface area (Å²) >= 11 is 3.33. The average Bonchev–Trinajstić information content (AvgIpc) is 2.26. The van der Waals surface area contributed by atoms with Gasteiger partial charge in [0.25, 0.3) is 0 Å². The number of aromatic nitrogens is 2. The third-order valence-electron chi connectivity index (χ3n) is 1.98. The highest BCUT2D eigenvalue weighted by Gasteiger charge is 2.07. The van der Waals surface area contributed by atoms with Gasteiger partial charge < -0.3 is 10.5 Å². The van der Waals surface area contributed by atoms with Gasteiger partial charge in [-0.2, -0.15) is 0 Å². The van der Waals surface area contributed by atoms with Gasteiger partial charge in [0.2, 0.25) is 0 Å². The van der Waals surface area contributed by atoms with Crippen LogP contribution in [0.3, 0.4) is 0 Å². The van der Waals surface area contributed by atoms with Crippen LogP contribution in [0.4, 0.5) is 5.69 Å². The van der Waals surface area contributed by atoms with E-state index < -0.39 is 0 Å². The molecule has 2 rings (SSSR count). The summed E-state index contributed by atoms with van der Waals surface area (Å²) in [4.78, 5) is 8.07. The lowest BCUT2D eigenvalue weighted by Gasteiger charge is -2.09. The summed E-state index contributed by atoms with van der Waals surface area (Å²) in [5, 5.41) is 0. The lowest BCUT2D eigenvalue weighted by atomic mass is 10.3. The molecule has 5 heteroatoms. The van der Waals surface area contributed by atoms with Crippen LogP contribution >= 0.6 is 15.9 Å². The number of halogens is 1. The molecule has 0 spiro atoms. The van der Waals surface area contributed by atoms with Gasteiger partial charge in [0, 0.05) is 11.9 Å². The highest BCUT2D eigenvalue weighted by Crippen LogP contribution is 2.33. The van der Waals surface area contributed by atoms with Gasteiger partial charge in [-0.1, -0.05) is 0 Å². The van der Waals surface area contributed by atoms with Crippen LogP contribution in [-0.4, -0.2) is 9.97 Å². The molecule has 0 amide bonds. The molecule has 0 bridgehead atoms. The van der Waals surface area contributed by atoms with Crippen LogP contribution in [0.1, 0.15) is 5.69 Å². The van der Waals surface area contributed by atoms with Gasteiger partial charge in [0.05, 0.1) is 22.6 Å². The third-order valence-corrected chi connectivity index (χ3v) is 2.55. The molecule has 0 saturated carbocycles. The van der Waals surface area contributed by atoms with Crippen molar-refractivity contribution >= 4 is 21.6 Å². The Morgan fingerprint density at radius 1 is 1.25 bits per heavy atom. The van der Waals surface area contributed by atoms with Crippen LogP contribution in [0, 0.1) is 6.92 Å². The summed E-state index contributed by atoms with van der Waals surface area (Å²) in [6, 6.07) is 3.72. The number of anilines is 1. The van der Waals surface area contributed by atoms with Gasteiger partial charge in [0.15, 0.2) is 5.75 Å². The van der Waals surface area contributed by atoms with Gasteiger partial charge in [-0.3, -0.25) is 9.97 Å². The van der Waals surface area contributed by atoms with Crippen molar-refractivity contribution in [3.8, 4) is 11.5 Å². The Bertz CT molecular complexity index is 479. The minimum absolute atomic E-state index is 0.481. The Morgan fingerprint density at radius 2 is 2.06 bits per heavy atom. The number of pyridine rings is 2. The first-order chi connectivity index (χ1) is 7.66. The number of hydrogen-bond donors (Lipinski definition) is 1. The van der Waals surface area contributed by atoms with Crippen LogP contribution in [-0.2, 0) is 0 Å². The molecule has 2 aromatic rings. The zero-order chi connectivity index (χ0) is 11.5. The molecule has 0 aliphatic rings. The number of hydrogen-bond acceptors (Lipinski definition) is 4. The van der Waals surface area contributed by atoms with Gasteiger partial charge in [-0.05, 0) is 35.0 Å². The van der Waals surface area contributed by atoms with Gasteiger partial charge in [-0.15, -0.1) is 0 Å². The van der Waals surface area contributed by atoms with Gasteiger partial charge in [-0.25, -0.2) is 0 Å². The summed E-state index contributed by atoms with van der Waals surface area (Å²) in [7, 11) is 0. The summed E-state index contributed by atoms with van der Waals surface area (Å²) in [6.45, 7) is 1.92. The van der Waals surface area contributed by atoms with Crippen LogP contribution in [0.15, 0.2) is 35.2 Å². The van der Waals surface area contributed by atoms with E-state index in [1.807, 2.05) is 19.1 Å². The Hall–Kier alpha value is -1.62.